The zero-order valence-electron chi connectivity index (χ0n) is 18.0. The van der Waals surface area contributed by atoms with Crippen molar-refractivity contribution in [2.45, 2.75) is 51.4 Å². The minimum Gasteiger partial charge on any atom is -0.466 e. The van der Waals surface area contributed by atoms with E-state index in [2.05, 4.69) is 5.32 Å². The maximum atomic E-state index is 14.3. The first kappa shape index (κ1) is 27.8. The Bertz CT molecular complexity index is 888. The van der Waals surface area contributed by atoms with Crippen LogP contribution in [0.15, 0.2) is 18.2 Å². The van der Waals surface area contributed by atoms with Crippen LogP contribution in [0.2, 0.25) is 0 Å². The number of halogens is 4. The Hall–Kier alpha value is -3.22. The Morgan fingerprint density at radius 3 is 2.21 bits per heavy atom. The molecule has 1 aromatic carbocycles. The number of aliphatic hydroxyl groups is 1. The third-order valence-electron chi connectivity index (χ3n) is 4.29. The average molecular weight is 480 g/mol. The fourth-order valence-electron chi connectivity index (χ4n) is 2.36. The summed E-state index contributed by atoms with van der Waals surface area (Å²) in [4.78, 5) is 47.7. The Labute approximate surface area is 186 Å². The Balaban J connectivity index is 2.96. The molecule has 13 heteroatoms. The highest BCUT2D eigenvalue weighted by Gasteiger charge is 2.55. The second-order valence-electron chi connectivity index (χ2n) is 6.84. The number of hydrogen-bond donors (Lipinski definition) is 3. The van der Waals surface area contributed by atoms with Gasteiger partial charge in [-0.05, 0) is 45.4 Å². The van der Waals surface area contributed by atoms with Gasteiger partial charge in [0.05, 0.1) is 18.9 Å². The van der Waals surface area contributed by atoms with Crippen molar-refractivity contribution < 1.29 is 51.3 Å². The fraction of sp³-hybridized carbons (Fsp3) is 0.500. The molecule has 2 amide bonds. The summed E-state index contributed by atoms with van der Waals surface area (Å²) < 4.78 is 62.1. The molecular formula is C20H24F4N2O7. The first-order chi connectivity index (χ1) is 15.2. The van der Waals surface area contributed by atoms with Crippen molar-refractivity contribution in [1.82, 2.24) is 5.32 Å². The second-order valence-corrected chi connectivity index (χ2v) is 6.84. The number of carbonyl (C=O) groups is 4. The van der Waals surface area contributed by atoms with Crippen LogP contribution in [0.1, 0.15) is 44.0 Å². The molecule has 0 saturated carbocycles. The molecule has 0 spiro atoms. The summed E-state index contributed by atoms with van der Waals surface area (Å²) in [6, 6.07) is 1.14. The van der Waals surface area contributed by atoms with Gasteiger partial charge in [-0.3, -0.25) is 14.4 Å². The minimum atomic E-state index is -5.31. The highest BCUT2D eigenvalue weighted by atomic mass is 19.4. The van der Waals surface area contributed by atoms with Gasteiger partial charge in [0.1, 0.15) is 11.9 Å². The van der Waals surface area contributed by atoms with Gasteiger partial charge in [0.15, 0.2) is 0 Å². The van der Waals surface area contributed by atoms with Crippen LogP contribution in [-0.2, 0) is 23.9 Å². The van der Waals surface area contributed by atoms with Crippen molar-refractivity contribution >= 4 is 29.4 Å². The molecule has 0 aliphatic heterocycles. The van der Waals surface area contributed by atoms with Crippen LogP contribution in [0.25, 0.3) is 0 Å². The first-order valence-electron chi connectivity index (χ1n) is 9.77. The van der Waals surface area contributed by atoms with Gasteiger partial charge in [-0.1, -0.05) is 0 Å². The van der Waals surface area contributed by atoms with Gasteiger partial charge in [-0.2, -0.15) is 13.2 Å². The number of carbonyl (C=O) groups excluding carboxylic acids is 4. The zero-order chi connectivity index (χ0) is 25.4. The molecule has 0 saturated heterocycles. The Morgan fingerprint density at radius 2 is 1.70 bits per heavy atom. The van der Waals surface area contributed by atoms with E-state index < -0.39 is 53.1 Å². The fourth-order valence-corrected chi connectivity index (χ4v) is 2.36. The molecule has 1 aromatic rings. The van der Waals surface area contributed by atoms with E-state index in [4.69, 9.17) is 9.47 Å². The summed E-state index contributed by atoms with van der Waals surface area (Å²) in [5.41, 5.74) is -4.83. The lowest BCUT2D eigenvalue weighted by Crippen LogP contribution is -2.52. The molecule has 184 valence electrons. The standard InChI is InChI=1S/C20H24F4N2O7/c1-4-32-15(27)9-8-14(17(29)33-5-2)25-16(28)11-6-7-13(12(21)10-11)26-18(30)19(3,31)20(22,23)24/h6-7,10,14,31H,4-5,8-9H2,1-3H3,(H,25,28)(H,26,30). The molecule has 0 bridgehead atoms. The molecule has 0 heterocycles. The van der Waals surface area contributed by atoms with Gasteiger partial charge in [0.25, 0.3) is 11.8 Å². The number of hydrogen-bond acceptors (Lipinski definition) is 7. The third-order valence-corrected chi connectivity index (χ3v) is 4.29. The molecule has 2 unspecified atom stereocenters. The summed E-state index contributed by atoms with van der Waals surface area (Å²) in [6.07, 6.45) is -5.68. The maximum Gasteiger partial charge on any atom is 0.426 e. The molecule has 0 aliphatic rings. The summed E-state index contributed by atoms with van der Waals surface area (Å²) in [6.45, 7) is 3.44. The molecule has 0 aliphatic carbocycles. The van der Waals surface area contributed by atoms with Crippen molar-refractivity contribution in [1.29, 1.82) is 0 Å². The number of ether oxygens (including phenoxy) is 2. The monoisotopic (exact) mass is 480 g/mol. The van der Waals surface area contributed by atoms with Gasteiger partial charge < -0.3 is 25.2 Å². The quantitative estimate of drug-likeness (QED) is 0.345. The number of alkyl halides is 3. The first-order valence-corrected chi connectivity index (χ1v) is 9.77. The SMILES string of the molecule is CCOC(=O)CCC(NC(=O)c1ccc(NC(=O)C(C)(O)C(F)(F)F)c(F)c1)C(=O)OCC. The number of anilines is 1. The molecule has 2 atom stereocenters. The van der Waals surface area contributed by atoms with Crippen LogP contribution >= 0.6 is 0 Å². The van der Waals surface area contributed by atoms with Crippen LogP contribution in [0, 0.1) is 5.82 Å². The van der Waals surface area contributed by atoms with Gasteiger partial charge in [-0.15, -0.1) is 0 Å². The van der Waals surface area contributed by atoms with E-state index in [1.165, 1.54) is 6.92 Å². The topological polar surface area (TPSA) is 131 Å². The minimum absolute atomic E-state index is 0.00463. The normalized spacial score (nSPS) is 13.9. The molecule has 3 N–H and O–H groups in total. The number of nitrogens with one attached hydrogen (secondary N) is 2. The van der Waals surface area contributed by atoms with Crippen LogP contribution < -0.4 is 10.6 Å². The summed E-state index contributed by atoms with van der Waals surface area (Å²) in [7, 11) is 0. The van der Waals surface area contributed by atoms with E-state index in [0.717, 1.165) is 12.1 Å². The molecule has 9 nitrogen and oxygen atoms in total. The van der Waals surface area contributed by atoms with Crippen molar-refractivity contribution in [3.8, 4) is 0 Å². The third kappa shape index (κ3) is 7.70. The Morgan fingerprint density at radius 1 is 1.09 bits per heavy atom. The number of rotatable bonds is 10. The predicted octanol–water partition coefficient (Wildman–Crippen LogP) is 2.08. The van der Waals surface area contributed by atoms with Gasteiger partial charge >= 0.3 is 18.1 Å². The summed E-state index contributed by atoms with van der Waals surface area (Å²) >= 11 is 0. The van der Waals surface area contributed by atoms with E-state index in [0.29, 0.717) is 6.07 Å². The van der Waals surface area contributed by atoms with E-state index in [1.54, 1.807) is 12.2 Å². The van der Waals surface area contributed by atoms with E-state index in [1.807, 2.05) is 0 Å². The summed E-state index contributed by atoms with van der Waals surface area (Å²) in [5, 5.41) is 13.2. The molecule has 0 radical (unpaired) electrons. The maximum absolute atomic E-state index is 14.3. The predicted molar refractivity (Wildman–Crippen MR) is 105 cm³/mol. The van der Waals surface area contributed by atoms with Crippen LogP contribution in [0.5, 0.6) is 0 Å². The van der Waals surface area contributed by atoms with Gasteiger partial charge in [0.2, 0.25) is 5.60 Å². The van der Waals surface area contributed by atoms with Crippen molar-refractivity contribution in [3.63, 3.8) is 0 Å². The highest BCUT2D eigenvalue weighted by molar-refractivity contribution is 5.99. The van der Waals surface area contributed by atoms with Crippen LogP contribution in [-0.4, -0.2) is 59.9 Å². The lowest BCUT2D eigenvalue weighted by molar-refractivity contribution is -0.242. The average Bonchev–Trinajstić information content (AvgIpc) is 2.71. The van der Waals surface area contributed by atoms with Gasteiger partial charge in [0, 0.05) is 12.0 Å². The number of benzene rings is 1. The van der Waals surface area contributed by atoms with E-state index in [9.17, 15) is 41.8 Å². The summed E-state index contributed by atoms with van der Waals surface area (Å²) in [5.74, 6) is -5.59. The van der Waals surface area contributed by atoms with Crippen molar-refractivity contribution in [2.75, 3.05) is 18.5 Å². The largest absolute Gasteiger partial charge is 0.466 e. The second kappa shape index (κ2) is 11.6. The number of esters is 2. The molecular weight excluding hydrogens is 456 g/mol. The molecule has 0 fully saturated rings. The number of amides is 2. The van der Waals surface area contributed by atoms with E-state index in [-0.39, 0.29) is 38.5 Å². The van der Waals surface area contributed by atoms with Crippen LogP contribution in [0.3, 0.4) is 0 Å². The molecule has 33 heavy (non-hydrogen) atoms. The lowest BCUT2D eigenvalue weighted by Gasteiger charge is -2.25. The van der Waals surface area contributed by atoms with Crippen molar-refractivity contribution in [3.05, 3.63) is 29.6 Å². The Kier molecular flexibility index (Phi) is 9.77. The molecule has 1 rings (SSSR count). The van der Waals surface area contributed by atoms with Crippen molar-refractivity contribution in [2.24, 2.45) is 0 Å². The zero-order valence-corrected chi connectivity index (χ0v) is 18.0. The molecule has 0 aromatic heterocycles. The van der Waals surface area contributed by atoms with Gasteiger partial charge in [-0.25, -0.2) is 9.18 Å². The van der Waals surface area contributed by atoms with E-state index >= 15 is 0 Å². The lowest BCUT2D eigenvalue weighted by atomic mass is 10.1. The smallest absolute Gasteiger partial charge is 0.426 e. The van der Waals surface area contributed by atoms with Crippen LogP contribution in [0.4, 0.5) is 23.2 Å². The highest BCUT2D eigenvalue weighted by Crippen LogP contribution is 2.31.